The molecule has 140 valence electrons. The second-order valence-corrected chi connectivity index (χ2v) is 9.20. The number of carbonyl (C=O) groups excluding carboxylic acids is 1. The zero-order chi connectivity index (χ0) is 18.9. The largest absolute Gasteiger partial charge is 0.349 e. The predicted octanol–water partition coefficient (Wildman–Crippen LogP) is 6.05. The average molecular weight is 405 g/mol. The summed E-state index contributed by atoms with van der Waals surface area (Å²) >= 11 is 3.41. The maximum Gasteiger partial charge on any atom is 0.251 e. The molecule has 2 heterocycles. The van der Waals surface area contributed by atoms with E-state index in [1.807, 2.05) is 18.2 Å². The van der Waals surface area contributed by atoms with E-state index >= 15 is 0 Å². The zero-order valence-electron chi connectivity index (χ0n) is 15.4. The number of nitrogens with one attached hydrogen (secondary N) is 1. The van der Waals surface area contributed by atoms with Gasteiger partial charge in [-0.25, -0.2) is 4.99 Å². The fourth-order valence-corrected chi connectivity index (χ4v) is 5.55. The first kappa shape index (κ1) is 17.7. The number of fused-ring (bicyclic) bond motifs is 2. The topological polar surface area (TPSA) is 41.5 Å². The van der Waals surface area contributed by atoms with Crippen LogP contribution in [0, 0.1) is 0 Å². The van der Waals surface area contributed by atoms with Crippen molar-refractivity contribution >= 4 is 40.4 Å². The van der Waals surface area contributed by atoms with Crippen molar-refractivity contribution in [2.45, 2.75) is 41.5 Å². The lowest BCUT2D eigenvalue weighted by molar-refractivity contribution is 0.0938. The van der Waals surface area contributed by atoms with Gasteiger partial charge in [0.15, 0.2) is 0 Å². The van der Waals surface area contributed by atoms with Crippen LogP contribution in [0.25, 0.3) is 0 Å². The van der Waals surface area contributed by atoms with Gasteiger partial charge in [-0.3, -0.25) is 4.79 Å². The van der Waals surface area contributed by atoms with E-state index in [0.29, 0.717) is 11.6 Å². The first-order valence-corrected chi connectivity index (χ1v) is 11.3. The Kier molecular flexibility index (Phi) is 4.79. The molecule has 0 unspecified atom stereocenters. The van der Waals surface area contributed by atoms with Crippen LogP contribution >= 0.6 is 23.1 Å². The molecule has 2 aliphatic rings. The molecular weight excluding hydrogens is 384 g/mol. The van der Waals surface area contributed by atoms with Crippen molar-refractivity contribution < 1.29 is 4.79 Å². The number of hydrogen-bond acceptors (Lipinski definition) is 4. The van der Waals surface area contributed by atoms with Crippen LogP contribution in [-0.2, 0) is 0 Å². The fourth-order valence-electron chi connectivity index (χ4n) is 3.82. The van der Waals surface area contributed by atoms with Crippen LogP contribution in [0.15, 0.2) is 74.8 Å². The molecule has 3 aromatic rings. The van der Waals surface area contributed by atoms with Gasteiger partial charge in [-0.2, -0.15) is 0 Å². The van der Waals surface area contributed by atoms with Crippen LogP contribution in [0.4, 0.5) is 5.69 Å². The summed E-state index contributed by atoms with van der Waals surface area (Å²) in [6.07, 6.45) is 4.59. The number of carbonyl (C=O) groups is 1. The summed E-state index contributed by atoms with van der Waals surface area (Å²) in [5.74, 6) is 0.00864. The molecule has 0 saturated heterocycles. The molecule has 28 heavy (non-hydrogen) atoms. The highest BCUT2D eigenvalue weighted by Crippen LogP contribution is 2.42. The number of benzene rings is 2. The minimum absolute atomic E-state index is 0.00864. The van der Waals surface area contributed by atoms with Crippen LogP contribution in [0.5, 0.6) is 0 Å². The number of hydrogen-bond donors (Lipinski definition) is 1. The van der Waals surface area contributed by atoms with Gasteiger partial charge in [-0.1, -0.05) is 48.9 Å². The molecule has 1 aliphatic heterocycles. The summed E-state index contributed by atoms with van der Waals surface area (Å²) in [5.41, 5.74) is 3.67. The third-order valence-corrected chi connectivity index (χ3v) is 7.28. The minimum Gasteiger partial charge on any atom is -0.349 e. The van der Waals surface area contributed by atoms with Crippen molar-refractivity contribution in [1.29, 1.82) is 0 Å². The summed E-state index contributed by atoms with van der Waals surface area (Å²) in [5, 5.41) is 5.26. The van der Waals surface area contributed by atoms with Gasteiger partial charge in [-0.05, 0) is 48.6 Å². The maximum absolute atomic E-state index is 12.7. The van der Waals surface area contributed by atoms with E-state index in [9.17, 15) is 4.79 Å². The molecule has 5 rings (SSSR count). The summed E-state index contributed by atoms with van der Waals surface area (Å²) in [4.78, 5) is 21.2. The van der Waals surface area contributed by atoms with Crippen LogP contribution < -0.4 is 5.32 Å². The Hall–Kier alpha value is -2.37. The Bertz CT molecular complexity index is 1050. The lowest BCUT2D eigenvalue weighted by Gasteiger charge is -2.12. The minimum atomic E-state index is 0.00864. The monoisotopic (exact) mass is 404 g/mol. The van der Waals surface area contributed by atoms with Crippen molar-refractivity contribution in [3.63, 3.8) is 0 Å². The molecule has 1 amide bonds. The van der Waals surface area contributed by atoms with Crippen molar-refractivity contribution in [2.24, 2.45) is 4.99 Å². The molecule has 1 N–H and O–H groups in total. The second-order valence-electron chi connectivity index (χ2n) is 7.17. The number of rotatable bonds is 3. The fraction of sp³-hybridized carbons (Fsp3) is 0.217. The summed E-state index contributed by atoms with van der Waals surface area (Å²) in [6.45, 7) is 0. The normalized spacial score (nSPS) is 16.1. The van der Waals surface area contributed by atoms with Gasteiger partial charge < -0.3 is 5.32 Å². The number of aliphatic imine (C=N–C) groups is 1. The molecule has 0 bridgehead atoms. The number of thiophene rings is 1. The van der Waals surface area contributed by atoms with Crippen LogP contribution in [0.1, 0.15) is 46.5 Å². The van der Waals surface area contributed by atoms with Crippen molar-refractivity contribution in [1.82, 2.24) is 5.32 Å². The first-order chi connectivity index (χ1) is 13.8. The third kappa shape index (κ3) is 3.40. The van der Waals surface area contributed by atoms with E-state index in [1.54, 1.807) is 23.1 Å². The zero-order valence-corrected chi connectivity index (χ0v) is 17.0. The molecule has 1 fully saturated rings. The summed E-state index contributed by atoms with van der Waals surface area (Å²) in [6, 6.07) is 18.7. The molecule has 0 spiro atoms. The lowest BCUT2D eigenvalue weighted by atomic mass is 10.1. The lowest BCUT2D eigenvalue weighted by Crippen LogP contribution is -2.32. The highest BCUT2D eigenvalue weighted by atomic mass is 32.2. The Morgan fingerprint density at radius 2 is 1.86 bits per heavy atom. The quantitative estimate of drug-likeness (QED) is 0.451. The van der Waals surface area contributed by atoms with Gasteiger partial charge in [-0.15, -0.1) is 11.3 Å². The molecule has 1 aliphatic carbocycles. The van der Waals surface area contributed by atoms with E-state index in [4.69, 9.17) is 4.99 Å². The standard InChI is InChI=1S/C23H20N2OS2/c26-23(24-16-6-1-2-7-16)15-11-12-20-18(14-15)25-22(21-10-5-13-27-21)17-8-3-4-9-19(17)28-20/h3-5,8-14,16H,1-2,6-7H2,(H,24,26). The third-order valence-electron chi connectivity index (χ3n) is 5.26. The van der Waals surface area contributed by atoms with E-state index < -0.39 is 0 Å². The SMILES string of the molecule is O=C(NC1CCCC1)c1ccc2c(c1)N=C(c1cccs1)c1ccccc1S2. The molecular formula is C23H20N2OS2. The number of amides is 1. The number of nitrogens with zero attached hydrogens (tertiary/aromatic N) is 1. The van der Waals surface area contributed by atoms with Crippen LogP contribution in [-0.4, -0.2) is 17.7 Å². The van der Waals surface area contributed by atoms with Crippen LogP contribution in [0.2, 0.25) is 0 Å². The van der Waals surface area contributed by atoms with Gasteiger partial charge in [0, 0.05) is 27.0 Å². The molecule has 0 radical (unpaired) electrons. The molecule has 5 heteroatoms. The Morgan fingerprint density at radius 1 is 1.00 bits per heavy atom. The average Bonchev–Trinajstić information content (AvgIpc) is 3.39. The van der Waals surface area contributed by atoms with Crippen LogP contribution in [0.3, 0.4) is 0 Å². The molecule has 1 saturated carbocycles. The van der Waals surface area contributed by atoms with E-state index in [-0.39, 0.29) is 5.91 Å². The maximum atomic E-state index is 12.7. The van der Waals surface area contributed by atoms with E-state index in [0.717, 1.165) is 39.6 Å². The summed E-state index contributed by atoms with van der Waals surface area (Å²) < 4.78 is 0. The van der Waals surface area contributed by atoms with E-state index in [1.165, 1.54) is 17.7 Å². The Balaban J connectivity index is 1.56. The van der Waals surface area contributed by atoms with Gasteiger partial charge >= 0.3 is 0 Å². The van der Waals surface area contributed by atoms with Gasteiger partial charge in [0.2, 0.25) is 0 Å². The van der Waals surface area contributed by atoms with Gasteiger partial charge in [0.05, 0.1) is 16.3 Å². The van der Waals surface area contributed by atoms with Crippen molar-refractivity contribution in [2.75, 3.05) is 0 Å². The van der Waals surface area contributed by atoms with Gasteiger partial charge in [0.25, 0.3) is 5.91 Å². The van der Waals surface area contributed by atoms with Gasteiger partial charge in [0.1, 0.15) is 0 Å². The molecule has 1 aromatic heterocycles. The van der Waals surface area contributed by atoms with Crippen molar-refractivity contribution in [3.8, 4) is 0 Å². The summed E-state index contributed by atoms with van der Waals surface area (Å²) in [7, 11) is 0. The molecule has 3 nitrogen and oxygen atoms in total. The van der Waals surface area contributed by atoms with Crippen molar-refractivity contribution in [3.05, 3.63) is 76.0 Å². The second kappa shape index (κ2) is 7.57. The Morgan fingerprint density at radius 3 is 2.68 bits per heavy atom. The smallest absolute Gasteiger partial charge is 0.251 e. The highest BCUT2D eigenvalue weighted by molar-refractivity contribution is 7.99. The molecule has 0 atom stereocenters. The Labute approximate surface area is 172 Å². The molecule has 2 aromatic carbocycles. The highest BCUT2D eigenvalue weighted by Gasteiger charge is 2.22. The first-order valence-electron chi connectivity index (χ1n) is 9.63. The van der Waals surface area contributed by atoms with E-state index in [2.05, 4.69) is 47.1 Å². The predicted molar refractivity (Wildman–Crippen MR) is 116 cm³/mol.